The summed E-state index contributed by atoms with van der Waals surface area (Å²) in [4.78, 5) is 14.6. The van der Waals surface area contributed by atoms with E-state index in [1.165, 1.54) is 12.1 Å². The Morgan fingerprint density at radius 3 is 2.80 bits per heavy atom. The molecule has 0 amide bonds. The Morgan fingerprint density at radius 1 is 1.47 bits per heavy atom. The molecule has 5 heteroatoms. The summed E-state index contributed by atoms with van der Waals surface area (Å²) in [6.07, 6.45) is 4.96. The highest BCUT2D eigenvalue weighted by atomic mass is 35.5. The number of hydrogen-bond acceptors (Lipinski definition) is 2. The van der Waals surface area contributed by atoms with Crippen molar-refractivity contribution in [3.63, 3.8) is 0 Å². The van der Waals surface area contributed by atoms with Crippen molar-refractivity contribution in [3.05, 3.63) is 47.5 Å². The predicted molar refractivity (Wildman–Crippen MR) is 55.5 cm³/mol. The number of benzene rings is 1. The summed E-state index contributed by atoms with van der Waals surface area (Å²) in [6, 6.07) is 4.57. The van der Waals surface area contributed by atoms with Crippen LogP contribution in [0, 0.1) is 0 Å². The van der Waals surface area contributed by atoms with Gasteiger partial charge in [-0.2, -0.15) is 0 Å². The zero-order valence-electron chi connectivity index (χ0n) is 7.59. The van der Waals surface area contributed by atoms with Crippen LogP contribution in [0.5, 0.6) is 0 Å². The number of aromatic nitrogens is 2. The fourth-order valence-electron chi connectivity index (χ4n) is 1.25. The monoisotopic (exact) mass is 222 g/mol. The first-order valence-electron chi connectivity index (χ1n) is 4.19. The van der Waals surface area contributed by atoms with Crippen LogP contribution < -0.4 is 0 Å². The van der Waals surface area contributed by atoms with Crippen LogP contribution in [0.25, 0.3) is 5.69 Å². The van der Waals surface area contributed by atoms with Gasteiger partial charge >= 0.3 is 5.97 Å². The second-order valence-corrected chi connectivity index (χ2v) is 3.35. The third-order valence-electron chi connectivity index (χ3n) is 1.98. The minimum absolute atomic E-state index is 0.170. The average molecular weight is 223 g/mol. The molecule has 1 N–H and O–H groups in total. The molecule has 1 aromatic heterocycles. The molecule has 0 aliphatic rings. The van der Waals surface area contributed by atoms with Gasteiger partial charge in [-0.15, -0.1) is 0 Å². The molecule has 0 unspecified atom stereocenters. The molecular formula is C10H7ClN2O2. The normalized spacial score (nSPS) is 10.2. The third-order valence-corrected chi connectivity index (χ3v) is 2.28. The van der Waals surface area contributed by atoms with E-state index in [0.717, 1.165) is 0 Å². The molecule has 0 aliphatic heterocycles. The van der Waals surface area contributed by atoms with Crippen LogP contribution in [0.3, 0.4) is 0 Å². The summed E-state index contributed by atoms with van der Waals surface area (Å²) < 4.78 is 1.72. The van der Waals surface area contributed by atoms with Gasteiger partial charge in [-0.05, 0) is 18.2 Å². The standard InChI is InChI=1S/C10H7ClN2O2/c11-8-5-7(10(14)15)1-2-9(8)13-4-3-12-6-13/h1-6H,(H,14,15). The van der Waals surface area contributed by atoms with Crippen molar-refractivity contribution in [2.75, 3.05) is 0 Å². The molecule has 2 rings (SSSR count). The van der Waals surface area contributed by atoms with E-state index in [1.807, 2.05) is 0 Å². The maximum absolute atomic E-state index is 10.7. The van der Waals surface area contributed by atoms with Gasteiger partial charge in [0.1, 0.15) is 0 Å². The maximum Gasteiger partial charge on any atom is 0.335 e. The highest BCUT2D eigenvalue weighted by Gasteiger charge is 2.07. The molecule has 0 saturated carbocycles. The second-order valence-electron chi connectivity index (χ2n) is 2.94. The molecule has 76 valence electrons. The van der Waals surface area contributed by atoms with Crippen LogP contribution in [-0.2, 0) is 0 Å². The van der Waals surface area contributed by atoms with Crippen molar-refractivity contribution >= 4 is 17.6 Å². The van der Waals surface area contributed by atoms with Gasteiger partial charge in [0.05, 0.1) is 22.6 Å². The summed E-state index contributed by atoms with van der Waals surface area (Å²) in [7, 11) is 0. The number of carboxylic acid groups (broad SMARTS) is 1. The van der Waals surface area contributed by atoms with Gasteiger partial charge in [-0.3, -0.25) is 0 Å². The number of carbonyl (C=O) groups is 1. The zero-order valence-corrected chi connectivity index (χ0v) is 8.35. The van der Waals surface area contributed by atoms with Crippen LogP contribution in [0.4, 0.5) is 0 Å². The van der Waals surface area contributed by atoms with E-state index in [2.05, 4.69) is 4.98 Å². The Morgan fingerprint density at radius 2 is 2.27 bits per heavy atom. The number of rotatable bonds is 2. The minimum Gasteiger partial charge on any atom is -0.478 e. The molecule has 4 nitrogen and oxygen atoms in total. The fraction of sp³-hybridized carbons (Fsp3) is 0. The smallest absolute Gasteiger partial charge is 0.335 e. The van der Waals surface area contributed by atoms with Crippen LogP contribution in [-0.4, -0.2) is 20.6 Å². The molecule has 1 aromatic carbocycles. The lowest BCUT2D eigenvalue weighted by Gasteiger charge is -2.05. The molecule has 0 bridgehead atoms. The first-order valence-corrected chi connectivity index (χ1v) is 4.57. The van der Waals surface area contributed by atoms with Gasteiger partial charge in [0.2, 0.25) is 0 Å². The van der Waals surface area contributed by atoms with Crippen molar-refractivity contribution in [1.82, 2.24) is 9.55 Å². The van der Waals surface area contributed by atoms with Crippen molar-refractivity contribution < 1.29 is 9.90 Å². The van der Waals surface area contributed by atoms with E-state index < -0.39 is 5.97 Å². The average Bonchev–Trinajstić information content (AvgIpc) is 2.70. The molecule has 0 spiro atoms. The lowest BCUT2D eigenvalue weighted by Crippen LogP contribution is -1.98. The molecule has 0 radical (unpaired) electrons. The fourth-order valence-corrected chi connectivity index (χ4v) is 1.53. The number of imidazole rings is 1. The van der Waals surface area contributed by atoms with Crippen molar-refractivity contribution in [1.29, 1.82) is 0 Å². The maximum atomic E-state index is 10.7. The molecule has 0 aliphatic carbocycles. The van der Waals surface area contributed by atoms with E-state index in [0.29, 0.717) is 10.7 Å². The number of halogens is 1. The lowest BCUT2D eigenvalue weighted by atomic mass is 10.2. The Hall–Kier alpha value is -1.81. The zero-order chi connectivity index (χ0) is 10.8. The van der Waals surface area contributed by atoms with E-state index in [1.54, 1.807) is 29.4 Å². The first-order chi connectivity index (χ1) is 7.18. The Balaban J connectivity index is 2.48. The topological polar surface area (TPSA) is 55.1 Å². The number of nitrogens with zero attached hydrogens (tertiary/aromatic N) is 2. The lowest BCUT2D eigenvalue weighted by molar-refractivity contribution is 0.0697. The summed E-state index contributed by atoms with van der Waals surface area (Å²) in [6.45, 7) is 0. The van der Waals surface area contributed by atoms with Crippen molar-refractivity contribution in [3.8, 4) is 5.69 Å². The molecule has 15 heavy (non-hydrogen) atoms. The van der Waals surface area contributed by atoms with Gasteiger partial charge in [-0.1, -0.05) is 11.6 Å². The quantitative estimate of drug-likeness (QED) is 0.848. The first kappa shape index (κ1) is 9.73. The molecule has 1 heterocycles. The number of aromatic carboxylic acids is 1. The summed E-state index contributed by atoms with van der Waals surface area (Å²) in [5.41, 5.74) is 0.878. The van der Waals surface area contributed by atoms with Crippen molar-refractivity contribution in [2.45, 2.75) is 0 Å². The Bertz CT molecular complexity index is 494. The highest BCUT2D eigenvalue weighted by molar-refractivity contribution is 6.32. The van der Waals surface area contributed by atoms with Crippen LogP contribution in [0.15, 0.2) is 36.9 Å². The largest absolute Gasteiger partial charge is 0.478 e. The molecule has 0 fully saturated rings. The van der Waals surface area contributed by atoms with Crippen LogP contribution in [0.2, 0.25) is 5.02 Å². The van der Waals surface area contributed by atoms with Gasteiger partial charge in [0, 0.05) is 12.4 Å². The molecular weight excluding hydrogens is 216 g/mol. The summed E-state index contributed by atoms with van der Waals surface area (Å²) in [5, 5.41) is 9.14. The highest BCUT2D eigenvalue weighted by Crippen LogP contribution is 2.21. The van der Waals surface area contributed by atoms with E-state index >= 15 is 0 Å². The van der Waals surface area contributed by atoms with Crippen LogP contribution in [0.1, 0.15) is 10.4 Å². The number of carboxylic acids is 1. The van der Waals surface area contributed by atoms with E-state index in [4.69, 9.17) is 16.7 Å². The van der Waals surface area contributed by atoms with Gasteiger partial charge in [-0.25, -0.2) is 9.78 Å². The SMILES string of the molecule is O=C(O)c1ccc(-n2ccnc2)c(Cl)c1. The van der Waals surface area contributed by atoms with Gasteiger partial charge < -0.3 is 9.67 Å². The van der Waals surface area contributed by atoms with Gasteiger partial charge in [0.25, 0.3) is 0 Å². The van der Waals surface area contributed by atoms with E-state index in [9.17, 15) is 4.79 Å². The van der Waals surface area contributed by atoms with Crippen molar-refractivity contribution in [2.24, 2.45) is 0 Å². The Kier molecular flexibility index (Phi) is 2.43. The minimum atomic E-state index is -0.992. The van der Waals surface area contributed by atoms with Crippen LogP contribution >= 0.6 is 11.6 Å². The summed E-state index contributed by atoms with van der Waals surface area (Å²) in [5.74, 6) is -0.992. The second kappa shape index (κ2) is 3.74. The molecule has 0 atom stereocenters. The predicted octanol–water partition coefficient (Wildman–Crippen LogP) is 2.22. The molecule has 0 saturated heterocycles. The van der Waals surface area contributed by atoms with E-state index in [-0.39, 0.29) is 5.56 Å². The molecule has 2 aromatic rings. The Labute approximate surface area is 90.8 Å². The number of hydrogen-bond donors (Lipinski definition) is 1. The summed E-state index contributed by atoms with van der Waals surface area (Å²) >= 11 is 5.95. The third kappa shape index (κ3) is 1.85. The van der Waals surface area contributed by atoms with Gasteiger partial charge in [0.15, 0.2) is 0 Å².